The van der Waals surface area contributed by atoms with Crippen LogP contribution >= 0.6 is 0 Å². The molecule has 0 aliphatic carbocycles. The highest BCUT2D eigenvalue weighted by molar-refractivity contribution is 6.11. The van der Waals surface area contributed by atoms with Crippen molar-refractivity contribution in [2.45, 2.75) is 0 Å². The molecular weight excluding hydrogens is 642 g/mol. The molecule has 0 aliphatic heterocycles. The van der Waals surface area contributed by atoms with Gasteiger partial charge in [0.2, 0.25) is 0 Å². The summed E-state index contributed by atoms with van der Waals surface area (Å²) in [5, 5.41) is 12.0. The Morgan fingerprint density at radius 1 is 0.442 bits per heavy atom. The number of halogens is 1. The molecule has 0 aliphatic rings. The standard InChI is InChI=1S/C46H28FN5/c47-36-23-19-30(20-24-36)33-21-25-39(46-50-44(31-11-3-1-4-12-31)49-45(51-46)32-13-5-2-6-14-32)43(28-33)52-41-18-10-9-17-38(41)40-27-34(22-26-42(40)52)37-16-8-7-15-35(37)29-48/h1-28H. The SMILES string of the molecule is N#Cc1ccccc1-c1ccc2c(c1)c1ccccc1n2-c1cc(-c2ccc(F)cc2)ccc1-c1nc(-c2ccccc2)nc(-c2ccccc2)n1. The van der Waals surface area contributed by atoms with Gasteiger partial charge in [-0.3, -0.25) is 0 Å². The molecule has 2 heterocycles. The van der Waals surface area contributed by atoms with Crippen molar-refractivity contribution < 1.29 is 4.39 Å². The molecule has 9 aromatic rings. The molecule has 0 unspecified atom stereocenters. The lowest BCUT2D eigenvalue weighted by atomic mass is 9.98. The second kappa shape index (κ2) is 12.9. The zero-order chi connectivity index (χ0) is 35.0. The second-order valence-corrected chi connectivity index (χ2v) is 12.5. The third kappa shape index (κ3) is 5.47. The van der Waals surface area contributed by atoms with E-state index in [1.165, 1.54) is 12.1 Å². The van der Waals surface area contributed by atoms with Crippen molar-refractivity contribution in [2.75, 3.05) is 0 Å². The van der Waals surface area contributed by atoms with E-state index in [4.69, 9.17) is 15.0 Å². The maximum absolute atomic E-state index is 14.1. The van der Waals surface area contributed by atoms with E-state index < -0.39 is 0 Å². The molecule has 0 bridgehead atoms. The molecule has 2 aromatic heterocycles. The third-order valence-corrected chi connectivity index (χ3v) is 9.39. The molecule has 5 nitrogen and oxygen atoms in total. The van der Waals surface area contributed by atoms with Crippen molar-refractivity contribution in [3.05, 3.63) is 181 Å². The van der Waals surface area contributed by atoms with Gasteiger partial charge in [-0.15, -0.1) is 0 Å². The van der Waals surface area contributed by atoms with E-state index in [1.807, 2.05) is 109 Å². The molecule has 0 amide bonds. The Kier molecular flexibility index (Phi) is 7.64. The van der Waals surface area contributed by atoms with Gasteiger partial charge in [-0.2, -0.15) is 5.26 Å². The van der Waals surface area contributed by atoms with Gasteiger partial charge in [0.25, 0.3) is 0 Å². The summed E-state index contributed by atoms with van der Waals surface area (Å²) in [5.74, 6) is 1.38. The fourth-order valence-electron chi connectivity index (χ4n) is 6.89. The summed E-state index contributed by atoms with van der Waals surface area (Å²) < 4.78 is 16.3. The Morgan fingerprint density at radius 2 is 1.02 bits per heavy atom. The largest absolute Gasteiger partial charge is 0.308 e. The van der Waals surface area contributed by atoms with Crippen LogP contribution in [0.1, 0.15) is 5.56 Å². The van der Waals surface area contributed by atoms with Gasteiger partial charge in [0.15, 0.2) is 17.5 Å². The first-order valence-electron chi connectivity index (χ1n) is 16.9. The first-order chi connectivity index (χ1) is 25.6. The first kappa shape index (κ1) is 30.8. The Hall–Kier alpha value is -7.23. The topological polar surface area (TPSA) is 67.4 Å². The fraction of sp³-hybridized carbons (Fsp3) is 0. The summed E-state index contributed by atoms with van der Waals surface area (Å²) >= 11 is 0. The zero-order valence-corrected chi connectivity index (χ0v) is 27.8. The minimum absolute atomic E-state index is 0.288. The van der Waals surface area contributed by atoms with Crippen molar-refractivity contribution >= 4 is 21.8 Å². The van der Waals surface area contributed by atoms with Gasteiger partial charge in [0, 0.05) is 27.5 Å². The van der Waals surface area contributed by atoms with Crippen LogP contribution in [0.2, 0.25) is 0 Å². The van der Waals surface area contributed by atoms with E-state index in [0.29, 0.717) is 23.0 Å². The van der Waals surface area contributed by atoms with E-state index in [0.717, 1.165) is 66.4 Å². The monoisotopic (exact) mass is 669 g/mol. The van der Waals surface area contributed by atoms with E-state index in [9.17, 15) is 9.65 Å². The molecule has 0 radical (unpaired) electrons. The van der Waals surface area contributed by atoms with Gasteiger partial charge < -0.3 is 4.57 Å². The molecule has 0 N–H and O–H groups in total. The predicted molar refractivity (Wildman–Crippen MR) is 206 cm³/mol. The maximum atomic E-state index is 14.1. The quantitative estimate of drug-likeness (QED) is 0.177. The molecule has 6 heteroatoms. The van der Waals surface area contributed by atoms with Gasteiger partial charge in [0.05, 0.1) is 28.4 Å². The summed E-state index contributed by atoms with van der Waals surface area (Å²) in [6.07, 6.45) is 0. The van der Waals surface area contributed by atoms with E-state index >= 15 is 0 Å². The van der Waals surface area contributed by atoms with Crippen molar-refractivity contribution in [2.24, 2.45) is 0 Å². The van der Waals surface area contributed by atoms with Crippen LogP contribution in [-0.4, -0.2) is 19.5 Å². The van der Waals surface area contributed by atoms with Gasteiger partial charge in [0.1, 0.15) is 5.82 Å². The van der Waals surface area contributed by atoms with Crippen molar-refractivity contribution in [1.29, 1.82) is 5.26 Å². The number of aromatic nitrogens is 4. The van der Waals surface area contributed by atoms with Crippen LogP contribution < -0.4 is 0 Å². The Labute approximate surface area is 299 Å². The molecule has 0 spiro atoms. The molecule has 0 saturated carbocycles. The lowest BCUT2D eigenvalue weighted by molar-refractivity contribution is 0.628. The van der Waals surface area contributed by atoms with Crippen LogP contribution in [0.3, 0.4) is 0 Å². The van der Waals surface area contributed by atoms with Crippen LogP contribution in [0.4, 0.5) is 4.39 Å². The van der Waals surface area contributed by atoms with E-state index in [1.54, 1.807) is 12.1 Å². The third-order valence-electron chi connectivity index (χ3n) is 9.39. The summed E-state index contributed by atoms with van der Waals surface area (Å²) in [6, 6.07) is 57.3. The number of fused-ring (bicyclic) bond motifs is 3. The van der Waals surface area contributed by atoms with Crippen LogP contribution in [0, 0.1) is 17.1 Å². The summed E-state index contributed by atoms with van der Waals surface area (Å²) in [7, 11) is 0. The number of hydrogen-bond acceptors (Lipinski definition) is 4. The number of hydrogen-bond donors (Lipinski definition) is 0. The lowest BCUT2D eigenvalue weighted by Crippen LogP contribution is -2.04. The van der Waals surface area contributed by atoms with Gasteiger partial charge in [-0.25, -0.2) is 19.3 Å². The molecule has 7 aromatic carbocycles. The molecule has 9 rings (SSSR count). The average molecular weight is 670 g/mol. The fourth-order valence-corrected chi connectivity index (χ4v) is 6.89. The van der Waals surface area contributed by atoms with Crippen LogP contribution in [0.25, 0.3) is 83.9 Å². The number of para-hydroxylation sites is 1. The smallest absolute Gasteiger partial charge is 0.166 e. The molecular formula is C46H28FN5. The summed E-state index contributed by atoms with van der Waals surface area (Å²) in [5.41, 5.74) is 9.70. The predicted octanol–water partition coefficient (Wildman–Crippen LogP) is 11.3. The number of nitrogens with zero attached hydrogens (tertiary/aromatic N) is 5. The highest BCUT2D eigenvalue weighted by Gasteiger charge is 2.21. The Bertz CT molecular complexity index is 2740. The first-order valence-corrected chi connectivity index (χ1v) is 16.9. The number of benzene rings is 7. The number of nitriles is 1. The molecule has 52 heavy (non-hydrogen) atoms. The minimum Gasteiger partial charge on any atom is -0.308 e. The van der Waals surface area contributed by atoms with Crippen molar-refractivity contribution in [3.63, 3.8) is 0 Å². The van der Waals surface area contributed by atoms with E-state index in [-0.39, 0.29) is 5.82 Å². The normalized spacial score (nSPS) is 11.2. The van der Waals surface area contributed by atoms with Gasteiger partial charge >= 0.3 is 0 Å². The molecule has 0 saturated heterocycles. The second-order valence-electron chi connectivity index (χ2n) is 12.5. The highest BCUT2D eigenvalue weighted by Crippen LogP contribution is 2.40. The minimum atomic E-state index is -0.288. The van der Waals surface area contributed by atoms with Gasteiger partial charge in [-0.1, -0.05) is 121 Å². The lowest BCUT2D eigenvalue weighted by Gasteiger charge is -2.16. The molecule has 0 fully saturated rings. The summed E-state index contributed by atoms with van der Waals surface area (Å²) in [6.45, 7) is 0. The molecule has 0 atom stereocenters. The van der Waals surface area contributed by atoms with Crippen LogP contribution in [0.15, 0.2) is 170 Å². The average Bonchev–Trinajstić information content (AvgIpc) is 3.55. The Balaban J connectivity index is 1.34. The van der Waals surface area contributed by atoms with E-state index in [2.05, 4.69) is 47.0 Å². The van der Waals surface area contributed by atoms with Crippen molar-refractivity contribution in [3.8, 4) is 68.2 Å². The van der Waals surface area contributed by atoms with Crippen LogP contribution in [-0.2, 0) is 0 Å². The maximum Gasteiger partial charge on any atom is 0.166 e. The Morgan fingerprint density at radius 3 is 1.73 bits per heavy atom. The molecule has 244 valence electrons. The van der Waals surface area contributed by atoms with Crippen molar-refractivity contribution in [1.82, 2.24) is 19.5 Å². The summed E-state index contributed by atoms with van der Waals surface area (Å²) in [4.78, 5) is 15.1. The van der Waals surface area contributed by atoms with Crippen LogP contribution in [0.5, 0.6) is 0 Å². The number of rotatable bonds is 6. The zero-order valence-electron chi connectivity index (χ0n) is 27.8. The van der Waals surface area contributed by atoms with Gasteiger partial charge in [-0.05, 0) is 70.8 Å². The highest BCUT2D eigenvalue weighted by atomic mass is 19.1.